The minimum Gasteiger partial charge on any atom is -0.469 e. The summed E-state index contributed by atoms with van der Waals surface area (Å²) < 4.78 is 4.76. The number of rotatable bonds is 6. The van der Waals surface area contributed by atoms with Gasteiger partial charge in [0.15, 0.2) is 0 Å². The van der Waals surface area contributed by atoms with Gasteiger partial charge in [-0.2, -0.15) is 0 Å². The number of hydrogen-bond acceptors (Lipinski definition) is 3. The second kappa shape index (κ2) is 4.52. The van der Waals surface area contributed by atoms with Gasteiger partial charge in [0.1, 0.15) is 0 Å². The van der Waals surface area contributed by atoms with E-state index in [0.717, 1.165) is 6.54 Å². The average Bonchev–Trinajstić information content (AvgIpc) is 2.97. The lowest BCUT2D eigenvalue weighted by Gasteiger charge is -2.23. The van der Waals surface area contributed by atoms with Crippen molar-refractivity contribution in [2.45, 2.75) is 40.0 Å². The first kappa shape index (κ1) is 12.5. The Kier molecular flexibility index (Phi) is 3.77. The van der Waals surface area contributed by atoms with Gasteiger partial charge < -0.3 is 10.1 Å². The van der Waals surface area contributed by atoms with Crippen molar-refractivity contribution >= 4 is 5.97 Å². The van der Waals surface area contributed by atoms with Gasteiger partial charge in [0.05, 0.1) is 12.5 Å². The summed E-state index contributed by atoms with van der Waals surface area (Å²) in [4.78, 5) is 11.4. The van der Waals surface area contributed by atoms with Gasteiger partial charge in [0.25, 0.3) is 0 Å². The van der Waals surface area contributed by atoms with Crippen molar-refractivity contribution in [1.82, 2.24) is 5.32 Å². The molecule has 3 heteroatoms. The quantitative estimate of drug-likeness (QED) is 0.685. The lowest BCUT2D eigenvalue weighted by atomic mass is 9.93. The molecule has 0 unspecified atom stereocenters. The number of carbonyl (C=O) groups is 1. The Morgan fingerprint density at radius 2 is 2.07 bits per heavy atom. The van der Waals surface area contributed by atoms with Crippen LogP contribution in [0.4, 0.5) is 0 Å². The third kappa shape index (κ3) is 3.20. The zero-order chi connectivity index (χ0) is 11.5. The summed E-state index contributed by atoms with van der Waals surface area (Å²) in [5, 5.41) is 3.39. The van der Waals surface area contributed by atoms with Crippen molar-refractivity contribution < 1.29 is 9.53 Å². The van der Waals surface area contributed by atoms with E-state index in [1.165, 1.54) is 26.4 Å². The molecule has 0 heterocycles. The summed E-state index contributed by atoms with van der Waals surface area (Å²) in [5.74, 6) is -0.142. The van der Waals surface area contributed by atoms with Crippen molar-refractivity contribution in [1.29, 1.82) is 0 Å². The van der Waals surface area contributed by atoms with Crippen LogP contribution in [0, 0.1) is 10.8 Å². The summed E-state index contributed by atoms with van der Waals surface area (Å²) in [5.41, 5.74) is 0.116. The number of esters is 1. The van der Waals surface area contributed by atoms with Crippen molar-refractivity contribution in [2.24, 2.45) is 10.8 Å². The van der Waals surface area contributed by atoms with Crippen LogP contribution in [0.3, 0.4) is 0 Å². The van der Waals surface area contributed by atoms with Crippen LogP contribution in [0.5, 0.6) is 0 Å². The number of nitrogens with one attached hydrogen (secondary N) is 1. The molecule has 0 spiro atoms. The molecule has 0 radical (unpaired) electrons. The fraction of sp³-hybridized carbons (Fsp3) is 0.917. The van der Waals surface area contributed by atoms with Crippen LogP contribution >= 0.6 is 0 Å². The smallest absolute Gasteiger partial charge is 0.312 e. The molecular formula is C12H23NO2. The summed E-state index contributed by atoms with van der Waals surface area (Å²) >= 11 is 0. The van der Waals surface area contributed by atoms with Gasteiger partial charge in [-0.25, -0.2) is 0 Å². The summed E-state index contributed by atoms with van der Waals surface area (Å²) in [6, 6.07) is 0. The molecule has 1 saturated carbocycles. The molecule has 0 bridgehead atoms. The number of methoxy groups -OCH3 is 1. The van der Waals surface area contributed by atoms with Gasteiger partial charge in [-0.3, -0.25) is 4.79 Å². The molecule has 3 nitrogen and oxygen atoms in total. The Labute approximate surface area is 92.6 Å². The number of ether oxygens (including phenoxy) is 1. The Balaban J connectivity index is 2.27. The van der Waals surface area contributed by atoms with Crippen LogP contribution in [-0.4, -0.2) is 26.2 Å². The molecule has 0 aromatic carbocycles. The first-order valence-corrected chi connectivity index (χ1v) is 5.75. The molecule has 1 N–H and O–H groups in total. The summed E-state index contributed by atoms with van der Waals surface area (Å²) in [7, 11) is 1.44. The third-order valence-corrected chi connectivity index (χ3v) is 3.51. The number of hydrogen-bond donors (Lipinski definition) is 1. The summed E-state index contributed by atoms with van der Waals surface area (Å²) in [6.45, 7) is 7.79. The summed E-state index contributed by atoms with van der Waals surface area (Å²) in [6.07, 6.45) is 3.89. The highest BCUT2D eigenvalue weighted by Crippen LogP contribution is 2.47. The van der Waals surface area contributed by atoms with Gasteiger partial charge in [-0.05, 0) is 38.5 Å². The van der Waals surface area contributed by atoms with E-state index in [9.17, 15) is 4.79 Å². The molecule has 88 valence electrons. The Hall–Kier alpha value is -0.570. The van der Waals surface area contributed by atoms with Crippen LogP contribution in [0.1, 0.15) is 40.0 Å². The van der Waals surface area contributed by atoms with E-state index in [2.05, 4.69) is 12.2 Å². The fourth-order valence-corrected chi connectivity index (χ4v) is 1.82. The monoisotopic (exact) mass is 213 g/mol. The van der Waals surface area contributed by atoms with Gasteiger partial charge in [0, 0.05) is 13.1 Å². The van der Waals surface area contributed by atoms with Crippen molar-refractivity contribution in [2.75, 3.05) is 20.2 Å². The van der Waals surface area contributed by atoms with Crippen LogP contribution in [0.2, 0.25) is 0 Å². The molecule has 0 aliphatic heterocycles. The maximum absolute atomic E-state index is 11.4. The predicted molar refractivity (Wildman–Crippen MR) is 60.6 cm³/mol. The predicted octanol–water partition coefficient (Wildman–Crippen LogP) is 1.97. The highest BCUT2D eigenvalue weighted by molar-refractivity contribution is 5.76. The van der Waals surface area contributed by atoms with E-state index in [-0.39, 0.29) is 5.97 Å². The molecule has 1 fully saturated rings. The lowest BCUT2D eigenvalue weighted by molar-refractivity contribution is -0.150. The lowest BCUT2D eigenvalue weighted by Crippen LogP contribution is -2.39. The van der Waals surface area contributed by atoms with Crippen LogP contribution in [-0.2, 0) is 9.53 Å². The average molecular weight is 213 g/mol. The molecule has 0 aromatic rings. The van der Waals surface area contributed by atoms with Crippen LogP contribution in [0.15, 0.2) is 0 Å². The fourth-order valence-electron chi connectivity index (χ4n) is 1.82. The highest BCUT2D eigenvalue weighted by Gasteiger charge is 2.40. The minimum absolute atomic E-state index is 0.142. The second-order valence-electron chi connectivity index (χ2n) is 5.33. The van der Waals surface area contributed by atoms with Crippen LogP contribution < -0.4 is 5.32 Å². The van der Waals surface area contributed by atoms with E-state index >= 15 is 0 Å². The third-order valence-electron chi connectivity index (χ3n) is 3.51. The standard InChI is InChI=1S/C12H23NO2/c1-5-12(6-7-12)9-13-8-11(2,3)10(14)15-4/h13H,5-9H2,1-4H3. The molecule has 1 aliphatic rings. The normalized spacial score (nSPS) is 18.7. The molecule has 0 amide bonds. The van der Waals surface area contributed by atoms with E-state index in [0.29, 0.717) is 12.0 Å². The van der Waals surface area contributed by atoms with E-state index in [1.54, 1.807) is 0 Å². The second-order valence-corrected chi connectivity index (χ2v) is 5.33. The van der Waals surface area contributed by atoms with Gasteiger partial charge in [0.2, 0.25) is 0 Å². The molecular weight excluding hydrogens is 190 g/mol. The zero-order valence-electron chi connectivity index (χ0n) is 10.4. The van der Waals surface area contributed by atoms with E-state index < -0.39 is 5.41 Å². The first-order chi connectivity index (χ1) is 6.96. The van der Waals surface area contributed by atoms with Crippen molar-refractivity contribution in [3.05, 3.63) is 0 Å². The number of carbonyl (C=O) groups excluding carboxylic acids is 1. The first-order valence-electron chi connectivity index (χ1n) is 5.75. The van der Waals surface area contributed by atoms with E-state index in [4.69, 9.17) is 4.74 Å². The maximum atomic E-state index is 11.4. The Morgan fingerprint density at radius 3 is 2.47 bits per heavy atom. The topological polar surface area (TPSA) is 38.3 Å². The minimum atomic E-state index is -0.418. The Morgan fingerprint density at radius 1 is 1.47 bits per heavy atom. The van der Waals surface area contributed by atoms with Gasteiger partial charge in [-0.1, -0.05) is 6.92 Å². The highest BCUT2D eigenvalue weighted by atomic mass is 16.5. The molecule has 0 atom stereocenters. The van der Waals surface area contributed by atoms with Crippen LogP contribution in [0.25, 0.3) is 0 Å². The Bertz CT molecular complexity index is 232. The van der Waals surface area contributed by atoms with E-state index in [1.807, 2.05) is 13.8 Å². The molecule has 0 aromatic heterocycles. The molecule has 0 saturated heterocycles. The molecule has 1 rings (SSSR count). The zero-order valence-corrected chi connectivity index (χ0v) is 10.4. The van der Waals surface area contributed by atoms with Crippen molar-refractivity contribution in [3.63, 3.8) is 0 Å². The largest absolute Gasteiger partial charge is 0.469 e. The SMILES string of the molecule is CCC1(CNCC(C)(C)C(=O)OC)CC1. The molecule has 1 aliphatic carbocycles. The van der Waals surface area contributed by atoms with Gasteiger partial charge in [-0.15, -0.1) is 0 Å². The maximum Gasteiger partial charge on any atom is 0.312 e. The van der Waals surface area contributed by atoms with Crippen molar-refractivity contribution in [3.8, 4) is 0 Å². The molecule has 15 heavy (non-hydrogen) atoms. The van der Waals surface area contributed by atoms with Gasteiger partial charge >= 0.3 is 5.97 Å².